The number of rotatable bonds is 10. The molecule has 2 aliphatic heterocycles. The molecule has 1 atom stereocenters. The fraction of sp³-hybridized carbons (Fsp3) is 0.609. The van der Waals surface area contributed by atoms with Crippen molar-refractivity contribution in [3.63, 3.8) is 0 Å². The molecule has 0 radical (unpaired) electrons. The van der Waals surface area contributed by atoms with Gasteiger partial charge in [-0.3, -0.25) is 20.1 Å². The van der Waals surface area contributed by atoms with Crippen molar-refractivity contribution in [3.05, 3.63) is 18.1 Å². The number of H-pyrrole nitrogens is 1. The average Bonchev–Trinajstić information content (AvgIpc) is 3.29. The summed E-state index contributed by atoms with van der Waals surface area (Å²) in [6.07, 6.45) is 5.37. The number of methoxy groups -OCH3 is 1. The Hall–Kier alpha value is -3.43. The Labute approximate surface area is 224 Å². The third-order valence-electron chi connectivity index (χ3n) is 7.14. The van der Waals surface area contributed by atoms with Gasteiger partial charge in [-0.05, 0) is 25.7 Å². The number of piperazine rings is 1. The van der Waals surface area contributed by atoms with Crippen molar-refractivity contribution >= 4 is 46.2 Å². The lowest BCUT2D eigenvalue weighted by Crippen LogP contribution is -2.48. The molecule has 38 heavy (non-hydrogen) atoms. The van der Waals surface area contributed by atoms with Crippen molar-refractivity contribution in [2.45, 2.75) is 37.6 Å². The molecule has 3 aromatic rings. The van der Waals surface area contributed by atoms with E-state index in [1.165, 1.54) is 19.2 Å². The van der Waals surface area contributed by atoms with Gasteiger partial charge in [-0.1, -0.05) is 0 Å². The van der Waals surface area contributed by atoms with Crippen LogP contribution in [0.5, 0.6) is 0 Å². The van der Waals surface area contributed by atoms with Crippen LogP contribution in [0.15, 0.2) is 12.4 Å². The van der Waals surface area contributed by atoms with Crippen LogP contribution in [0, 0.1) is 0 Å². The molecule has 15 heteroatoms. The maximum Gasteiger partial charge on any atom is 0.249 e. The zero-order chi connectivity index (χ0) is 25.9. The zero-order valence-electron chi connectivity index (χ0n) is 21.3. The van der Waals surface area contributed by atoms with Gasteiger partial charge in [-0.15, -0.1) is 0 Å². The molecule has 3 aromatic heterocycles. The van der Waals surface area contributed by atoms with Gasteiger partial charge in [0.1, 0.15) is 12.4 Å². The van der Waals surface area contributed by atoms with E-state index in [1.807, 2.05) is 11.0 Å². The summed E-state index contributed by atoms with van der Waals surface area (Å²) in [6, 6.07) is 1.61. The van der Waals surface area contributed by atoms with E-state index < -0.39 is 6.04 Å². The fourth-order valence-corrected chi connectivity index (χ4v) is 5.32. The van der Waals surface area contributed by atoms with Crippen LogP contribution in [0.2, 0.25) is 0 Å². The predicted molar refractivity (Wildman–Crippen MR) is 143 cm³/mol. The second kappa shape index (κ2) is 11.1. The Morgan fingerprint density at radius 2 is 1.97 bits per heavy atom. The summed E-state index contributed by atoms with van der Waals surface area (Å²) in [5, 5.41) is 14.1. The summed E-state index contributed by atoms with van der Waals surface area (Å²) >= 11 is 1.15. The quantitative estimate of drug-likeness (QED) is 0.341. The highest BCUT2D eigenvalue weighted by atomic mass is 32.1. The van der Waals surface area contributed by atoms with Crippen LogP contribution in [-0.2, 0) is 9.53 Å². The number of anilines is 5. The van der Waals surface area contributed by atoms with E-state index in [1.54, 1.807) is 7.11 Å². The van der Waals surface area contributed by atoms with E-state index in [0.717, 1.165) is 56.4 Å². The lowest BCUT2D eigenvalue weighted by atomic mass is 10.2. The molecule has 202 valence electrons. The van der Waals surface area contributed by atoms with Gasteiger partial charge in [0.25, 0.3) is 0 Å². The van der Waals surface area contributed by atoms with E-state index in [4.69, 9.17) is 19.7 Å². The van der Waals surface area contributed by atoms with Gasteiger partial charge in [0.2, 0.25) is 28.9 Å². The zero-order valence-corrected chi connectivity index (χ0v) is 22.2. The van der Waals surface area contributed by atoms with Gasteiger partial charge in [0, 0.05) is 75.6 Å². The summed E-state index contributed by atoms with van der Waals surface area (Å²) in [5.74, 6) is 2.59. The van der Waals surface area contributed by atoms with Crippen LogP contribution in [0.4, 0.5) is 28.8 Å². The molecular weight excluding hydrogens is 508 g/mol. The largest absolute Gasteiger partial charge is 0.383 e. The van der Waals surface area contributed by atoms with Crippen molar-refractivity contribution in [3.8, 4) is 0 Å². The molecule has 2 saturated heterocycles. The second-order valence-electron chi connectivity index (χ2n) is 9.78. The highest BCUT2D eigenvalue weighted by molar-refractivity contribution is 7.09. The summed E-state index contributed by atoms with van der Waals surface area (Å²) < 4.78 is 9.20. The summed E-state index contributed by atoms with van der Waals surface area (Å²) in [4.78, 5) is 38.1. The summed E-state index contributed by atoms with van der Waals surface area (Å²) in [6.45, 7) is 5.68. The third kappa shape index (κ3) is 5.68. The van der Waals surface area contributed by atoms with Crippen molar-refractivity contribution in [2.24, 2.45) is 0 Å². The number of hydrogen-bond donors (Lipinski definition) is 3. The number of amides is 1. The molecule has 0 aromatic carbocycles. The van der Waals surface area contributed by atoms with E-state index in [9.17, 15) is 4.79 Å². The van der Waals surface area contributed by atoms with Gasteiger partial charge in [0.15, 0.2) is 5.82 Å². The number of nitrogens with zero attached hydrogens (tertiary/aromatic N) is 9. The van der Waals surface area contributed by atoms with Gasteiger partial charge in [0.05, 0.1) is 6.61 Å². The Balaban J connectivity index is 1.24. The van der Waals surface area contributed by atoms with Crippen LogP contribution >= 0.6 is 11.5 Å². The summed E-state index contributed by atoms with van der Waals surface area (Å²) in [7, 11) is 1.73. The van der Waals surface area contributed by atoms with Crippen LogP contribution < -0.4 is 20.4 Å². The Morgan fingerprint density at radius 3 is 2.74 bits per heavy atom. The standard InChI is InChI=1S/C23H32N12O2S/c1-37-12-11-33-7-9-34(10-8-33)21-28-20(26-18-13-16(31-32-18)15-4-5-15)29-22(30-21)35-6-2-3-17(35)19(36)27-23-24-14-25-38-23/h13-15,17H,2-12H2,1H3,(H,24,25,27,36)(H2,26,28,29,30,31,32)/t17-/m0/s1. The van der Waals surface area contributed by atoms with Crippen molar-refractivity contribution in [1.29, 1.82) is 0 Å². The van der Waals surface area contributed by atoms with Crippen LogP contribution in [0.3, 0.4) is 0 Å². The minimum absolute atomic E-state index is 0.135. The number of ether oxygens (including phenoxy) is 1. The number of aromatic nitrogens is 7. The lowest BCUT2D eigenvalue weighted by Gasteiger charge is -2.35. The first-order valence-electron chi connectivity index (χ1n) is 13.0. The molecule has 0 unspecified atom stereocenters. The Morgan fingerprint density at radius 1 is 1.13 bits per heavy atom. The molecule has 0 spiro atoms. The van der Waals surface area contributed by atoms with Gasteiger partial charge in [-0.2, -0.15) is 24.4 Å². The number of carbonyl (C=O) groups excluding carboxylic acids is 1. The Kier molecular flexibility index (Phi) is 7.29. The van der Waals surface area contributed by atoms with Gasteiger partial charge < -0.3 is 19.9 Å². The van der Waals surface area contributed by atoms with Crippen molar-refractivity contribution in [1.82, 2.24) is 39.4 Å². The highest BCUT2D eigenvalue weighted by Gasteiger charge is 2.34. The number of hydrogen-bond acceptors (Lipinski definition) is 13. The minimum Gasteiger partial charge on any atom is -0.383 e. The molecule has 3 aliphatic rings. The average molecular weight is 541 g/mol. The fourth-order valence-electron chi connectivity index (χ4n) is 4.89. The molecule has 6 rings (SSSR count). The maximum absolute atomic E-state index is 13.1. The first-order chi connectivity index (χ1) is 18.7. The van der Waals surface area contributed by atoms with E-state index in [2.05, 4.69) is 40.0 Å². The molecule has 1 amide bonds. The SMILES string of the molecule is COCCN1CCN(c2nc(Nc3cc(C4CC4)[nH]n3)nc(N3CCC[C@H]3C(=O)Nc3ncns3)n2)CC1. The normalized spacial score (nSPS) is 20.2. The highest BCUT2D eigenvalue weighted by Crippen LogP contribution is 2.39. The maximum atomic E-state index is 13.1. The van der Waals surface area contributed by atoms with Crippen molar-refractivity contribution < 1.29 is 9.53 Å². The number of aromatic amines is 1. The van der Waals surface area contributed by atoms with E-state index in [0.29, 0.717) is 54.3 Å². The van der Waals surface area contributed by atoms with E-state index >= 15 is 0 Å². The molecule has 3 fully saturated rings. The summed E-state index contributed by atoms with van der Waals surface area (Å²) in [5.41, 5.74) is 1.13. The number of nitrogens with one attached hydrogen (secondary N) is 3. The molecule has 1 saturated carbocycles. The van der Waals surface area contributed by atoms with E-state index in [-0.39, 0.29) is 5.91 Å². The lowest BCUT2D eigenvalue weighted by molar-refractivity contribution is -0.117. The second-order valence-corrected chi connectivity index (χ2v) is 10.6. The Bertz CT molecular complexity index is 1220. The smallest absolute Gasteiger partial charge is 0.249 e. The molecule has 0 bridgehead atoms. The first-order valence-corrected chi connectivity index (χ1v) is 13.8. The van der Waals surface area contributed by atoms with Crippen molar-refractivity contribution in [2.75, 3.05) is 73.4 Å². The predicted octanol–water partition coefficient (Wildman–Crippen LogP) is 1.44. The molecular formula is C23H32N12O2S. The third-order valence-corrected chi connectivity index (χ3v) is 7.72. The minimum atomic E-state index is -0.403. The molecule has 5 heterocycles. The monoisotopic (exact) mass is 540 g/mol. The molecule has 1 aliphatic carbocycles. The first kappa shape index (κ1) is 24.9. The van der Waals surface area contributed by atoms with Crippen LogP contribution in [-0.4, -0.2) is 104 Å². The topological polar surface area (TPSA) is 153 Å². The van der Waals surface area contributed by atoms with Crippen LogP contribution in [0.1, 0.15) is 37.3 Å². The molecule has 3 N–H and O–H groups in total. The van der Waals surface area contributed by atoms with Gasteiger partial charge >= 0.3 is 0 Å². The van der Waals surface area contributed by atoms with Crippen LogP contribution in [0.25, 0.3) is 0 Å². The molecule has 14 nitrogen and oxygen atoms in total. The number of carbonyl (C=O) groups is 1. The van der Waals surface area contributed by atoms with Gasteiger partial charge in [-0.25, -0.2) is 4.98 Å².